The largest absolute Gasteiger partial charge is 0.478 e. The van der Waals surface area contributed by atoms with Crippen LogP contribution in [0.15, 0.2) is 12.1 Å². The number of aromatic nitrogens is 1. The van der Waals surface area contributed by atoms with E-state index in [1.54, 1.807) is 6.92 Å². The Morgan fingerprint density at radius 2 is 2.15 bits per heavy atom. The van der Waals surface area contributed by atoms with Crippen LogP contribution in [0.1, 0.15) is 33.5 Å². The van der Waals surface area contributed by atoms with Gasteiger partial charge >= 0.3 is 5.97 Å². The first-order valence-corrected chi connectivity index (χ1v) is 6.21. The van der Waals surface area contributed by atoms with Crippen molar-refractivity contribution in [1.82, 2.24) is 15.2 Å². The number of pyridine rings is 1. The zero-order valence-electron chi connectivity index (χ0n) is 11.2. The van der Waals surface area contributed by atoms with Crippen molar-refractivity contribution in [3.63, 3.8) is 0 Å². The van der Waals surface area contributed by atoms with Crippen LogP contribution in [0.3, 0.4) is 0 Å². The van der Waals surface area contributed by atoms with Crippen molar-refractivity contribution in [2.45, 2.75) is 19.9 Å². The van der Waals surface area contributed by atoms with Crippen LogP contribution in [0.2, 0.25) is 0 Å². The number of carbonyl (C=O) groups is 3. The number of carboxylic acid groups (broad SMARTS) is 1. The maximum Gasteiger partial charge on any atom is 0.337 e. The first-order chi connectivity index (χ1) is 9.41. The first kappa shape index (κ1) is 14.0. The Hall–Kier alpha value is -2.44. The highest BCUT2D eigenvalue weighted by Gasteiger charge is 2.30. The lowest BCUT2D eigenvalue weighted by Gasteiger charge is -2.32. The minimum Gasteiger partial charge on any atom is -0.478 e. The SMILES string of the molecule is Cc1nc(C(=O)N2CCNC(=O)C2C)ccc1C(=O)O. The third-order valence-electron chi connectivity index (χ3n) is 3.30. The zero-order chi connectivity index (χ0) is 14.9. The van der Waals surface area contributed by atoms with Crippen LogP contribution < -0.4 is 5.32 Å². The van der Waals surface area contributed by atoms with Gasteiger partial charge in [0.1, 0.15) is 11.7 Å². The van der Waals surface area contributed by atoms with E-state index in [0.717, 1.165) is 0 Å². The van der Waals surface area contributed by atoms with Gasteiger partial charge in [-0.2, -0.15) is 0 Å². The van der Waals surface area contributed by atoms with Crippen LogP contribution in [0.25, 0.3) is 0 Å². The summed E-state index contributed by atoms with van der Waals surface area (Å²) in [4.78, 5) is 40.2. The maximum atomic E-state index is 12.3. The van der Waals surface area contributed by atoms with Crippen LogP contribution in [0.4, 0.5) is 0 Å². The van der Waals surface area contributed by atoms with E-state index in [4.69, 9.17) is 5.11 Å². The fraction of sp³-hybridized carbons (Fsp3) is 0.385. The monoisotopic (exact) mass is 277 g/mol. The average Bonchev–Trinajstić information content (AvgIpc) is 2.40. The molecular formula is C13H15N3O4. The smallest absolute Gasteiger partial charge is 0.337 e. The third-order valence-corrected chi connectivity index (χ3v) is 3.30. The molecule has 1 fully saturated rings. The average molecular weight is 277 g/mol. The molecule has 2 amide bonds. The second kappa shape index (κ2) is 5.28. The molecule has 1 aliphatic rings. The van der Waals surface area contributed by atoms with Gasteiger partial charge in [0, 0.05) is 13.1 Å². The number of nitrogens with one attached hydrogen (secondary N) is 1. The molecule has 106 valence electrons. The first-order valence-electron chi connectivity index (χ1n) is 6.21. The molecule has 7 heteroatoms. The highest BCUT2D eigenvalue weighted by Crippen LogP contribution is 2.12. The molecule has 2 heterocycles. The molecule has 2 N–H and O–H groups in total. The topological polar surface area (TPSA) is 99.6 Å². The fourth-order valence-corrected chi connectivity index (χ4v) is 2.11. The minimum absolute atomic E-state index is 0.0611. The van der Waals surface area contributed by atoms with Crippen molar-refractivity contribution in [1.29, 1.82) is 0 Å². The van der Waals surface area contributed by atoms with Crippen molar-refractivity contribution in [3.05, 3.63) is 29.1 Å². The molecule has 0 spiro atoms. The molecule has 1 saturated heterocycles. The standard InChI is InChI=1S/C13H15N3O4/c1-7-9(13(19)20)3-4-10(15-7)12(18)16-6-5-14-11(17)8(16)2/h3-4,8H,5-6H2,1-2H3,(H,14,17)(H,19,20). The number of hydrogen-bond donors (Lipinski definition) is 2. The Kier molecular flexibility index (Phi) is 3.69. The van der Waals surface area contributed by atoms with E-state index in [-0.39, 0.29) is 28.8 Å². The maximum absolute atomic E-state index is 12.3. The van der Waals surface area contributed by atoms with Gasteiger partial charge in [-0.3, -0.25) is 9.59 Å². The molecule has 0 bridgehead atoms. The normalized spacial score (nSPS) is 18.6. The van der Waals surface area contributed by atoms with Crippen LogP contribution in [-0.2, 0) is 4.79 Å². The summed E-state index contributed by atoms with van der Waals surface area (Å²) in [6, 6.07) is 2.17. The Morgan fingerprint density at radius 1 is 1.45 bits per heavy atom. The molecule has 0 radical (unpaired) electrons. The van der Waals surface area contributed by atoms with E-state index in [0.29, 0.717) is 13.1 Å². The minimum atomic E-state index is -1.08. The van der Waals surface area contributed by atoms with Gasteiger partial charge in [-0.05, 0) is 26.0 Å². The summed E-state index contributed by atoms with van der Waals surface area (Å²) in [5.74, 6) is -1.66. The van der Waals surface area contributed by atoms with Crippen LogP contribution in [0, 0.1) is 6.92 Å². The van der Waals surface area contributed by atoms with Gasteiger partial charge in [-0.15, -0.1) is 0 Å². The summed E-state index contributed by atoms with van der Waals surface area (Å²) in [7, 11) is 0. The number of rotatable bonds is 2. The number of carboxylic acids is 1. The Labute approximate surface area is 115 Å². The molecule has 0 saturated carbocycles. The van der Waals surface area contributed by atoms with Crippen LogP contribution in [0.5, 0.6) is 0 Å². The van der Waals surface area contributed by atoms with Gasteiger partial charge < -0.3 is 15.3 Å². The molecule has 1 unspecified atom stereocenters. The van der Waals surface area contributed by atoms with Gasteiger partial charge in [0.15, 0.2) is 0 Å². The number of hydrogen-bond acceptors (Lipinski definition) is 4. The molecule has 7 nitrogen and oxygen atoms in total. The third kappa shape index (κ3) is 2.47. The van der Waals surface area contributed by atoms with E-state index >= 15 is 0 Å². The summed E-state index contributed by atoms with van der Waals surface area (Å²) >= 11 is 0. The second-order valence-corrected chi connectivity index (χ2v) is 4.60. The number of amides is 2. The molecule has 1 aromatic rings. The van der Waals surface area contributed by atoms with E-state index in [1.807, 2.05) is 0 Å². The lowest BCUT2D eigenvalue weighted by Crippen LogP contribution is -2.56. The van der Waals surface area contributed by atoms with Crippen LogP contribution in [-0.4, -0.2) is 51.9 Å². The van der Waals surface area contributed by atoms with Gasteiger partial charge in [0.05, 0.1) is 11.3 Å². The molecular weight excluding hydrogens is 262 g/mol. The lowest BCUT2D eigenvalue weighted by molar-refractivity contribution is -0.127. The van der Waals surface area contributed by atoms with Gasteiger partial charge in [-0.25, -0.2) is 9.78 Å². The lowest BCUT2D eigenvalue weighted by atomic mass is 10.1. The zero-order valence-corrected chi connectivity index (χ0v) is 11.2. The summed E-state index contributed by atoms with van der Waals surface area (Å²) in [6.07, 6.45) is 0. The highest BCUT2D eigenvalue weighted by atomic mass is 16.4. The Morgan fingerprint density at radius 3 is 2.75 bits per heavy atom. The van der Waals surface area contributed by atoms with Crippen LogP contribution >= 0.6 is 0 Å². The number of aryl methyl sites for hydroxylation is 1. The molecule has 1 atom stereocenters. The molecule has 0 aromatic carbocycles. The summed E-state index contributed by atoms with van der Waals surface area (Å²) in [6.45, 7) is 3.99. The molecule has 0 aliphatic carbocycles. The molecule has 1 aliphatic heterocycles. The predicted molar refractivity (Wildman–Crippen MR) is 69.4 cm³/mol. The Bertz CT molecular complexity index is 585. The number of piperazine rings is 1. The summed E-state index contributed by atoms with van der Waals surface area (Å²) in [5.41, 5.74) is 0.484. The highest BCUT2D eigenvalue weighted by molar-refractivity contribution is 5.97. The van der Waals surface area contributed by atoms with Crippen molar-refractivity contribution < 1.29 is 19.5 Å². The predicted octanol–water partition coefficient (Wildman–Crippen LogP) is 0.0487. The molecule has 2 rings (SSSR count). The van der Waals surface area contributed by atoms with Crippen molar-refractivity contribution in [2.75, 3.05) is 13.1 Å². The van der Waals surface area contributed by atoms with E-state index in [1.165, 1.54) is 24.0 Å². The summed E-state index contributed by atoms with van der Waals surface area (Å²) in [5, 5.41) is 11.6. The quantitative estimate of drug-likeness (QED) is 0.795. The summed E-state index contributed by atoms with van der Waals surface area (Å²) < 4.78 is 0. The van der Waals surface area contributed by atoms with E-state index < -0.39 is 12.0 Å². The number of nitrogens with zero attached hydrogens (tertiary/aromatic N) is 2. The van der Waals surface area contributed by atoms with Gasteiger partial charge in [0.2, 0.25) is 5.91 Å². The fourth-order valence-electron chi connectivity index (χ4n) is 2.11. The van der Waals surface area contributed by atoms with Crippen molar-refractivity contribution in [3.8, 4) is 0 Å². The van der Waals surface area contributed by atoms with Crippen molar-refractivity contribution in [2.24, 2.45) is 0 Å². The van der Waals surface area contributed by atoms with E-state index in [2.05, 4.69) is 10.3 Å². The second-order valence-electron chi connectivity index (χ2n) is 4.60. The van der Waals surface area contributed by atoms with E-state index in [9.17, 15) is 14.4 Å². The van der Waals surface area contributed by atoms with Gasteiger partial charge in [-0.1, -0.05) is 0 Å². The number of aromatic carboxylic acids is 1. The number of carbonyl (C=O) groups excluding carboxylic acids is 2. The molecule has 20 heavy (non-hydrogen) atoms. The molecule has 1 aromatic heterocycles. The van der Waals surface area contributed by atoms with Gasteiger partial charge in [0.25, 0.3) is 5.91 Å². The van der Waals surface area contributed by atoms with Crippen molar-refractivity contribution >= 4 is 17.8 Å². The Balaban J connectivity index is 2.27.